The van der Waals surface area contributed by atoms with Crippen molar-refractivity contribution in [3.63, 3.8) is 0 Å². The molecule has 1 aliphatic carbocycles. The summed E-state index contributed by atoms with van der Waals surface area (Å²) in [5.74, 6) is 0.0183. The molecule has 1 aliphatic heterocycles. The third-order valence-corrected chi connectivity index (χ3v) is 4.42. The van der Waals surface area contributed by atoms with E-state index in [1.165, 1.54) is 12.6 Å². The van der Waals surface area contributed by atoms with E-state index in [9.17, 15) is 14.7 Å². The van der Waals surface area contributed by atoms with E-state index in [0.29, 0.717) is 12.0 Å². The fourth-order valence-electron chi connectivity index (χ4n) is 3.45. The number of hydrogen-bond donors (Lipinski definition) is 2. The third-order valence-electron chi connectivity index (χ3n) is 4.42. The Morgan fingerprint density at radius 1 is 1.26 bits per heavy atom. The molecular formula is C18H24N2O3. The molecule has 0 saturated heterocycles. The Kier molecular flexibility index (Phi) is 6.07. The summed E-state index contributed by atoms with van der Waals surface area (Å²) in [7, 11) is 1.50. The smallest absolute Gasteiger partial charge is 0.254 e. The van der Waals surface area contributed by atoms with Crippen LogP contribution in [0, 0.1) is 0 Å². The molecule has 1 atom stereocenters. The minimum atomic E-state index is 0.00914. The highest BCUT2D eigenvalue weighted by Crippen LogP contribution is 2.40. The van der Waals surface area contributed by atoms with Crippen molar-refractivity contribution in [3.8, 4) is 0 Å². The number of amides is 1. The topological polar surface area (TPSA) is 83.6 Å². The van der Waals surface area contributed by atoms with E-state index in [1.807, 2.05) is 17.0 Å². The quantitative estimate of drug-likeness (QED) is 0.833. The van der Waals surface area contributed by atoms with Crippen LogP contribution in [0.5, 0.6) is 0 Å². The number of nitrogens with two attached hydrogens (primary N) is 1. The summed E-state index contributed by atoms with van der Waals surface area (Å²) >= 11 is 0. The lowest BCUT2D eigenvalue weighted by Crippen LogP contribution is -2.36. The lowest BCUT2D eigenvalue weighted by molar-refractivity contribution is -0.115. The molecule has 1 amide bonds. The van der Waals surface area contributed by atoms with Crippen LogP contribution in [-0.4, -0.2) is 37.0 Å². The van der Waals surface area contributed by atoms with Gasteiger partial charge in [0, 0.05) is 29.9 Å². The van der Waals surface area contributed by atoms with Crippen LogP contribution in [0.4, 0.5) is 5.69 Å². The Balaban J connectivity index is 0.000000924. The van der Waals surface area contributed by atoms with Crippen LogP contribution < -0.4 is 10.6 Å². The van der Waals surface area contributed by atoms with E-state index >= 15 is 0 Å². The first-order chi connectivity index (χ1) is 11.3. The molecule has 124 valence electrons. The van der Waals surface area contributed by atoms with Crippen molar-refractivity contribution < 1.29 is 14.7 Å². The van der Waals surface area contributed by atoms with Crippen molar-refractivity contribution in [3.05, 3.63) is 41.0 Å². The lowest BCUT2D eigenvalue weighted by atomic mass is 9.88. The zero-order valence-corrected chi connectivity index (χ0v) is 13.5. The number of carbonyl (C=O) groups is 2. The summed E-state index contributed by atoms with van der Waals surface area (Å²) in [6.45, 7) is 0.00914. The molecule has 5 heteroatoms. The van der Waals surface area contributed by atoms with Gasteiger partial charge in [0.1, 0.15) is 6.29 Å². The van der Waals surface area contributed by atoms with Crippen LogP contribution in [0.15, 0.2) is 35.4 Å². The van der Waals surface area contributed by atoms with Crippen molar-refractivity contribution in [2.45, 2.75) is 38.1 Å². The van der Waals surface area contributed by atoms with Gasteiger partial charge in [-0.15, -0.1) is 0 Å². The van der Waals surface area contributed by atoms with Gasteiger partial charge in [-0.3, -0.25) is 9.59 Å². The molecule has 3 rings (SSSR count). The molecule has 1 heterocycles. The number of hydrogen-bond acceptors (Lipinski definition) is 4. The third kappa shape index (κ3) is 3.35. The number of carbonyl (C=O) groups excluding carboxylic acids is 2. The van der Waals surface area contributed by atoms with Gasteiger partial charge in [0.2, 0.25) is 0 Å². The maximum Gasteiger partial charge on any atom is 0.254 e. The highest BCUT2D eigenvalue weighted by Gasteiger charge is 2.40. The van der Waals surface area contributed by atoms with Gasteiger partial charge in [-0.25, -0.2) is 0 Å². The molecule has 0 radical (unpaired) electrons. The van der Waals surface area contributed by atoms with E-state index in [2.05, 4.69) is 5.73 Å². The average Bonchev–Trinajstić information content (AvgIpc) is 2.89. The van der Waals surface area contributed by atoms with Gasteiger partial charge in [0.25, 0.3) is 5.91 Å². The number of nitrogens with zero attached hydrogens (tertiary/aromatic N) is 1. The van der Waals surface area contributed by atoms with E-state index in [-0.39, 0.29) is 18.6 Å². The minimum absolute atomic E-state index is 0.00914. The fraction of sp³-hybridized carbons (Fsp3) is 0.444. The van der Waals surface area contributed by atoms with Crippen molar-refractivity contribution in [1.29, 1.82) is 0 Å². The minimum Gasteiger partial charge on any atom is -0.396 e. The lowest BCUT2D eigenvalue weighted by Gasteiger charge is -2.30. The Bertz CT molecular complexity index is 593. The maximum atomic E-state index is 12.7. The normalized spacial score (nSPS) is 20.0. The first kappa shape index (κ1) is 17.4. The largest absolute Gasteiger partial charge is 0.396 e. The molecule has 0 spiro atoms. The molecule has 1 fully saturated rings. The van der Waals surface area contributed by atoms with Gasteiger partial charge in [-0.1, -0.05) is 6.42 Å². The van der Waals surface area contributed by atoms with Gasteiger partial charge in [0.15, 0.2) is 0 Å². The van der Waals surface area contributed by atoms with Crippen LogP contribution in [0.1, 0.15) is 42.5 Å². The summed E-state index contributed by atoms with van der Waals surface area (Å²) in [4.78, 5) is 25.3. The Morgan fingerprint density at radius 2 is 1.96 bits per heavy atom. The summed E-state index contributed by atoms with van der Waals surface area (Å²) in [6, 6.07) is 7.27. The van der Waals surface area contributed by atoms with E-state index < -0.39 is 0 Å². The maximum absolute atomic E-state index is 12.7. The summed E-state index contributed by atoms with van der Waals surface area (Å²) in [5.41, 5.74) is 7.95. The van der Waals surface area contributed by atoms with Crippen molar-refractivity contribution in [2.24, 2.45) is 5.73 Å². The molecular weight excluding hydrogens is 292 g/mol. The second-order valence-corrected chi connectivity index (χ2v) is 5.62. The van der Waals surface area contributed by atoms with Crippen LogP contribution in [-0.2, 0) is 4.79 Å². The summed E-state index contributed by atoms with van der Waals surface area (Å²) < 4.78 is 0. The van der Waals surface area contributed by atoms with E-state index in [1.54, 1.807) is 12.1 Å². The highest BCUT2D eigenvalue weighted by atomic mass is 16.3. The summed E-state index contributed by atoms with van der Waals surface area (Å²) in [6.07, 6.45) is 5.41. The second kappa shape index (κ2) is 8.04. The van der Waals surface area contributed by atoms with Crippen molar-refractivity contribution in [1.82, 2.24) is 0 Å². The number of aldehydes is 1. The molecule has 5 nitrogen and oxygen atoms in total. The predicted octanol–water partition coefficient (Wildman–Crippen LogP) is 2.04. The highest BCUT2D eigenvalue weighted by molar-refractivity contribution is 6.10. The van der Waals surface area contributed by atoms with Crippen molar-refractivity contribution >= 4 is 17.9 Å². The molecule has 1 unspecified atom stereocenters. The molecule has 1 aromatic rings. The number of fused-ring (bicyclic) bond motifs is 1. The number of aliphatic hydroxyl groups is 1. The van der Waals surface area contributed by atoms with Gasteiger partial charge < -0.3 is 15.7 Å². The number of rotatable bonds is 4. The molecule has 0 aromatic heterocycles. The summed E-state index contributed by atoms with van der Waals surface area (Å²) in [5, 5.41) is 9.22. The Labute approximate surface area is 136 Å². The zero-order valence-electron chi connectivity index (χ0n) is 13.5. The molecule has 0 bridgehead atoms. The van der Waals surface area contributed by atoms with Crippen LogP contribution in [0.2, 0.25) is 0 Å². The number of benzene rings is 1. The van der Waals surface area contributed by atoms with Crippen LogP contribution in [0.25, 0.3) is 0 Å². The molecule has 1 saturated carbocycles. The number of anilines is 1. The predicted molar refractivity (Wildman–Crippen MR) is 90.4 cm³/mol. The molecule has 3 N–H and O–H groups in total. The average molecular weight is 316 g/mol. The van der Waals surface area contributed by atoms with Crippen LogP contribution >= 0.6 is 0 Å². The molecule has 2 aliphatic rings. The van der Waals surface area contributed by atoms with E-state index in [4.69, 9.17) is 0 Å². The Hall–Kier alpha value is -1.98. The van der Waals surface area contributed by atoms with Crippen LogP contribution in [0.3, 0.4) is 0 Å². The second-order valence-electron chi connectivity index (χ2n) is 5.62. The first-order valence-corrected chi connectivity index (χ1v) is 8.05. The zero-order chi connectivity index (χ0) is 16.8. The van der Waals surface area contributed by atoms with Crippen molar-refractivity contribution in [2.75, 3.05) is 18.6 Å². The number of aliphatic hydroxyl groups excluding tert-OH is 1. The fourth-order valence-corrected chi connectivity index (χ4v) is 3.45. The first-order valence-electron chi connectivity index (χ1n) is 8.05. The standard InChI is InChI=1S/C17H19NO3.CH5N/c19-10-9-15-14-3-1-2-4-16(14)18(17(15)21)13-7-5-12(11-20)6-8-13;1-2/h5-8,11,16,19H,1-4,9-10H2;2H2,1H3. The SMILES string of the molecule is CN.O=Cc1ccc(N2C(=O)C(CCO)=C3CCCCC32)cc1. The molecule has 1 aromatic carbocycles. The van der Waals surface area contributed by atoms with E-state index in [0.717, 1.165) is 43.2 Å². The van der Waals surface area contributed by atoms with Gasteiger partial charge in [-0.05, 0) is 56.1 Å². The van der Waals surface area contributed by atoms with Gasteiger partial charge >= 0.3 is 0 Å². The Morgan fingerprint density at radius 3 is 2.57 bits per heavy atom. The monoisotopic (exact) mass is 316 g/mol. The molecule has 23 heavy (non-hydrogen) atoms. The van der Waals surface area contributed by atoms with Gasteiger partial charge in [-0.2, -0.15) is 0 Å². The van der Waals surface area contributed by atoms with Gasteiger partial charge in [0.05, 0.1) is 6.04 Å².